The molecule has 2 atom stereocenters. The number of ether oxygens (including phenoxy) is 2. The van der Waals surface area contributed by atoms with Crippen LogP contribution < -0.4 is 4.90 Å². The van der Waals surface area contributed by atoms with Gasteiger partial charge < -0.3 is 14.4 Å². The van der Waals surface area contributed by atoms with Crippen molar-refractivity contribution < 1.29 is 14.3 Å². The molecule has 2 aliphatic heterocycles. The molecule has 2 heterocycles. The van der Waals surface area contributed by atoms with Gasteiger partial charge in [-0.15, -0.1) is 0 Å². The number of nitrogens with zero attached hydrogens (tertiary/aromatic N) is 1. The molecule has 21 heavy (non-hydrogen) atoms. The number of para-hydroxylation sites is 1. The summed E-state index contributed by atoms with van der Waals surface area (Å²) in [7, 11) is 0. The van der Waals surface area contributed by atoms with Crippen molar-refractivity contribution in [1.82, 2.24) is 0 Å². The Hall–Kier alpha value is -1.55. The first kappa shape index (κ1) is 14.4. The molecule has 114 valence electrons. The largest absolute Gasteiger partial charge is 0.465 e. The average Bonchev–Trinajstić information content (AvgIpc) is 3.17. The topological polar surface area (TPSA) is 38.8 Å². The van der Waals surface area contributed by atoms with Gasteiger partial charge in [0.2, 0.25) is 0 Å². The Morgan fingerprint density at radius 1 is 1.29 bits per heavy atom. The second-order valence-electron chi connectivity index (χ2n) is 5.96. The molecule has 0 bridgehead atoms. The number of rotatable bonds is 5. The first-order valence-electron chi connectivity index (χ1n) is 7.88. The normalized spacial score (nSPS) is 25.2. The van der Waals surface area contributed by atoms with E-state index < -0.39 is 0 Å². The van der Waals surface area contributed by atoms with Crippen LogP contribution >= 0.6 is 0 Å². The maximum atomic E-state index is 11.8. The summed E-state index contributed by atoms with van der Waals surface area (Å²) >= 11 is 0. The summed E-state index contributed by atoms with van der Waals surface area (Å²) in [6.07, 6.45) is 3.63. The van der Waals surface area contributed by atoms with Crippen molar-refractivity contribution in [2.24, 2.45) is 5.92 Å². The van der Waals surface area contributed by atoms with Gasteiger partial charge in [-0.25, -0.2) is 0 Å². The summed E-state index contributed by atoms with van der Waals surface area (Å²) < 4.78 is 10.9. The minimum atomic E-state index is -0.111. The smallest absolute Gasteiger partial charge is 0.308 e. The van der Waals surface area contributed by atoms with Crippen molar-refractivity contribution in [3.63, 3.8) is 0 Å². The minimum Gasteiger partial charge on any atom is -0.465 e. The lowest BCUT2D eigenvalue weighted by Gasteiger charge is -2.18. The van der Waals surface area contributed by atoms with E-state index in [1.807, 2.05) is 6.07 Å². The third-order valence-corrected chi connectivity index (χ3v) is 4.31. The molecule has 1 aromatic carbocycles. The van der Waals surface area contributed by atoms with Gasteiger partial charge in [0.05, 0.1) is 19.1 Å². The van der Waals surface area contributed by atoms with Crippen LogP contribution in [-0.4, -0.2) is 38.4 Å². The maximum Gasteiger partial charge on any atom is 0.308 e. The van der Waals surface area contributed by atoms with Gasteiger partial charge in [0.15, 0.2) is 0 Å². The number of benzene rings is 1. The van der Waals surface area contributed by atoms with E-state index in [0.717, 1.165) is 39.0 Å². The van der Waals surface area contributed by atoms with Crippen molar-refractivity contribution in [1.29, 1.82) is 0 Å². The Kier molecular flexibility index (Phi) is 4.76. The predicted molar refractivity (Wildman–Crippen MR) is 81.3 cm³/mol. The van der Waals surface area contributed by atoms with Gasteiger partial charge in [0, 0.05) is 31.3 Å². The lowest BCUT2D eigenvalue weighted by molar-refractivity contribution is -0.147. The van der Waals surface area contributed by atoms with Gasteiger partial charge in [-0.3, -0.25) is 4.79 Å². The predicted octanol–water partition coefficient (Wildman–Crippen LogP) is 2.63. The molecule has 0 amide bonds. The van der Waals surface area contributed by atoms with E-state index in [1.165, 1.54) is 5.69 Å². The van der Waals surface area contributed by atoms with Crippen LogP contribution in [-0.2, 0) is 14.3 Å². The fraction of sp³-hybridized carbons (Fsp3) is 0.588. The third-order valence-electron chi connectivity index (χ3n) is 4.31. The fourth-order valence-corrected chi connectivity index (χ4v) is 3.10. The highest BCUT2D eigenvalue weighted by Crippen LogP contribution is 2.24. The summed E-state index contributed by atoms with van der Waals surface area (Å²) in [4.78, 5) is 14.2. The number of carbonyl (C=O) groups excluding carboxylic acids is 1. The van der Waals surface area contributed by atoms with E-state index in [0.29, 0.717) is 18.9 Å². The zero-order valence-corrected chi connectivity index (χ0v) is 12.4. The molecule has 1 aromatic rings. The van der Waals surface area contributed by atoms with Crippen LogP contribution in [0.25, 0.3) is 0 Å². The number of carbonyl (C=O) groups is 1. The highest BCUT2D eigenvalue weighted by Gasteiger charge is 2.25. The monoisotopic (exact) mass is 289 g/mol. The van der Waals surface area contributed by atoms with E-state index in [4.69, 9.17) is 9.47 Å². The third kappa shape index (κ3) is 3.97. The lowest BCUT2D eigenvalue weighted by atomic mass is 10.1. The van der Waals surface area contributed by atoms with Gasteiger partial charge in [0.25, 0.3) is 0 Å². The van der Waals surface area contributed by atoms with Crippen LogP contribution in [0.5, 0.6) is 0 Å². The summed E-state index contributed by atoms with van der Waals surface area (Å²) in [5.74, 6) is 0.332. The van der Waals surface area contributed by atoms with Crippen molar-refractivity contribution in [3.05, 3.63) is 30.3 Å². The number of anilines is 1. The number of esters is 1. The van der Waals surface area contributed by atoms with Gasteiger partial charge in [-0.2, -0.15) is 0 Å². The Morgan fingerprint density at radius 2 is 2.14 bits per heavy atom. The van der Waals surface area contributed by atoms with Crippen LogP contribution in [0.2, 0.25) is 0 Å². The van der Waals surface area contributed by atoms with Crippen LogP contribution in [0.15, 0.2) is 30.3 Å². The van der Waals surface area contributed by atoms with Crippen LogP contribution in [0.1, 0.15) is 25.7 Å². The fourth-order valence-electron chi connectivity index (χ4n) is 3.10. The summed E-state index contributed by atoms with van der Waals surface area (Å²) in [6, 6.07) is 10.4. The highest BCUT2D eigenvalue weighted by atomic mass is 16.5. The second kappa shape index (κ2) is 6.94. The van der Waals surface area contributed by atoms with Gasteiger partial charge in [-0.05, 0) is 31.4 Å². The molecule has 0 unspecified atom stereocenters. The van der Waals surface area contributed by atoms with Gasteiger partial charge in [-0.1, -0.05) is 18.2 Å². The van der Waals surface area contributed by atoms with Gasteiger partial charge in [0.1, 0.15) is 0 Å². The summed E-state index contributed by atoms with van der Waals surface area (Å²) in [5, 5.41) is 0. The first-order valence-corrected chi connectivity index (χ1v) is 7.88. The maximum absolute atomic E-state index is 11.8. The average molecular weight is 289 g/mol. The minimum absolute atomic E-state index is 0.0851. The molecule has 0 radical (unpaired) electrons. The standard InChI is InChI=1S/C17H23NO3/c19-17(11-16-7-4-10-20-16)21-13-14-8-9-18(12-14)15-5-2-1-3-6-15/h1-3,5-6,14,16H,4,7-13H2/t14-,16-/m1/s1. The molecule has 2 saturated heterocycles. The van der Waals surface area contributed by atoms with Crippen molar-refractivity contribution in [2.45, 2.75) is 31.8 Å². The van der Waals surface area contributed by atoms with E-state index in [1.54, 1.807) is 0 Å². The molecule has 4 heteroatoms. The number of hydrogen-bond acceptors (Lipinski definition) is 4. The Balaban J connectivity index is 1.39. The molecule has 2 fully saturated rings. The molecule has 3 rings (SSSR count). The zero-order chi connectivity index (χ0) is 14.5. The molecular weight excluding hydrogens is 266 g/mol. The quantitative estimate of drug-likeness (QED) is 0.781. The Bertz CT molecular complexity index is 456. The van der Waals surface area contributed by atoms with E-state index in [9.17, 15) is 4.79 Å². The zero-order valence-electron chi connectivity index (χ0n) is 12.4. The molecule has 0 saturated carbocycles. The summed E-state index contributed by atoms with van der Waals surface area (Å²) in [6.45, 7) is 3.33. The molecule has 0 spiro atoms. The van der Waals surface area contributed by atoms with Crippen molar-refractivity contribution >= 4 is 11.7 Å². The summed E-state index contributed by atoms with van der Waals surface area (Å²) in [5.41, 5.74) is 1.26. The van der Waals surface area contributed by atoms with E-state index in [2.05, 4.69) is 29.2 Å². The Morgan fingerprint density at radius 3 is 2.90 bits per heavy atom. The van der Waals surface area contributed by atoms with Crippen molar-refractivity contribution in [3.8, 4) is 0 Å². The molecule has 4 nitrogen and oxygen atoms in total. The Labute approximate surface area is 126 Å². The molecule has 0 N–H and O–H groups in total. The van der Waals surface area contributed by atoms with Crippen molar-refractivity contribution in [2.75, 3.05) is 31.2 Å². The first-order chi connectivity index (χ1) is 10.3. The lowest BCUT2D eigenvalue weighted by Crippen LogP contribution is -2.23. The van der Waals surface area contributed by atoms with E-state index in [-0.39, 0.29) is 12.1 Å². The molecule has 0 aromatic heterocycles. The second-order valence-corrected chi connectivity index (χ2v) is 5.96. The molecule has 0 aliphatic carbocycles. The van der Waals surface area contributed by atoms with E-state index >= 15 is 0 Å². The van der Waals surface area contributed by atoms with Crippen LogP contribution in [0.4, 0.5) is 5.69 Å². The van der Waals surface area contributed by atoms with Gasteiger partial charge >= 0.3 is 5.97 Å². The van der Waals surface area contributed by atoms with Crippen LogP contribution in [0.3, 0.4) is 0 Å². The van der Waals surface area contributed by atoms with Crippen LogP contribution in [0, 0.1) is 5.92 Å². The number of hydrogen-bond donors (Lipinski definition) is 0. The molecular formula is C17H23NO3. The molecule has 2 aliphatic rings. The highest BCUT2D eigenvalue weighted by molar-refractivity contribution is 5.70. The SMILES string of the molecule is O=C(C[C@H]1CCCO1)OC[C@@H]1CCN(c2ccccc2)C1.